The van der Waals surface area contributed by atoms with Crippen LogP contribution in [0.15, 0.2) is 30.5 Å². The van der Waals surface area contributed by atoms with Crippen LogP contribution in [-0.4, -0.2) is 126 Å². The Hall–Kier alpha value is -3.36. The number of anilines is 2. The molecule has 2 unspecified atom stereocenters. The molecule has 13 heteroatoms. The summed E-state index contributed by atoms with van der Waals surface area (Å²) in [4.78, 5) is 30.0. The van der Waals surface area contributed by atoms with Crippen LogP contribution in [0.25, 0.3) is 22.4 Å². The number of benzene rings is 1. The van der Waals surface area contributed by atoms with Crippen LogP contribution >= 0.6 is 0 Å². The van der Waals surface area contributed by atoms with Crippen LogP contribution in [-0.2, 0) is 14.2 Å². The number of carbonyl (C=O) groups is 1. The second-order valence-corrected chi connectivity index (χ2v) is 13.5. The van der Waals surface area contributed by atoms with Crippen molar-refractivity contribution in [2.24, 2.45) is 0 Å². The number of aromatic nitrogens is 4. The molecule has 6 heterocycles. The van der Waals surface area contributed by atoms with Crippen LogP contribution in [0.3, 0.4) is 0 Å². The van der Waals surface area contributed by atoms with Crippen molar-refractivity contribution >= 4 is 28.6 Å². The third-order valence-electron chi connectivity index (χ3n) is 10.4. The fourth-order valence-corrected chi connectivity index (χ4v) is 7.69. The van der Waals surface area contributed by atoms with Gasteiger partial charge in [0, 0.05) is 76.5 Å². The van der Waals surface area contributed by atoms with Crippen LogP contribution in [0.5, 0.6) is 0 Å². The van der Waals surface area contributed by atoms with E-state index in [0.717, 1.165) is 112 Å². The number of fused-ring (bicyclic) bond motifs is 3. The van der Waals surface area contributed by atoms with Crippen LogP contribution in [0, 0.1) is 0 Å². The van der Waals surface area contributed by atoms with Crippen molar-refractivity contribution in [3.8, 4) is 11.4 Å². The number of amides is 2. The van der Waals surface area contributed by atoms with Crippen molar-refractivity contribution in [1.29, 1.82) is 0 Å². The maximum Gasteiger partial charge on any atom is 0.319 e. The van der Waals surface area contributed by atoms with Crippen molar-refractivity contribution in [1.82, 2.24) is 34.9 Å². The minimum atomic E-state index is -0.421. The maximum absolute atomic E-state index is 12.6. The number of likely N-dealkylation sites (N-methyl/N-ethyl adjacent to an activating group) is 1. The normalized spacial score (nSPS) is 25.5. The molecule has 1 aliphatic carbocycles. The number of urea groups is 1. The molecule has 2 N–H and O–H groups in total. The van der Waals surface area contributed by atoms with Crippen LogP contribution in [0.4, 0.5) is 16.3 Å². The van der Waals surface area contributed by atoms with Crippen molar-refractivity contribution in [2.45, 2.75) is 62.6 Å². The molecule has 0 radical (unpaired) electrons. The fourth-order valence-electron chi connectivity index (χ4n) is 7.69. The average Bonchev–Trinajstić information content (AvgIpc) is 3.81. The van der Waals surface area contributed by atoms with Gasteiger partial charge in [-0.05, 0) is 57.0 Å². The molecule has 46 heavy (non-hydrogen) atoms. The molecule has 2 bridgehead atoms. The third-order valence-corrected chi connectivity index (χ3v) is 10.4. The predicted molar refractivity (Wildman–Crippen MR) is 174 cm³/mol. The Balaban J connectivity index is 1.00. The minimum absolute atomic E-state index is 0.199. The molecule has 3 aromatic rings. The molecule has 2 aromatic heterocycles. The largest absolute Gasteiger partial charge is 0.371 e. The number of hydrogen-bond donors (Lipinski definition) is 2. The lowest BCUT2D eigenvalue weighted by molar-refractivity contribution is -0.181. The quantitative estimate of drug-likeness (QED) is 0.402. The topological polar surface area (TPSA) is 122 Å². The lowest BCUT2D eigenvalue weighted by atomic mass is 9.90. The van der Waals surface area contributed by atoms with Gasteiger partial charge in [-0.25, -0.2) is 19.4 Å². The molecular weight excluding hydrogens is 586 g/mol. The first kappa shape index (κ1) is 30.0. The van der Waals surface area contributed by atoms with Crippen LogP contribution < -0.4 is 15.5 Å². The number of carbonyl (C=O) groups excluding carboxylic acids is 1. The van der Waals surface area contributed by atoms with E-state index in [1.54, 1.807) is 0 Å². The molecular formula is C33H45N9O4. The van der Waals surface area contributed by atoms with Crippen molar-refractivity contribution in [2.75, 3.05) is 82.8 Å². The molecule has 1 aromatic carbocycles. The number of nitrogens with zero attached hydrogens (tertiary/aromatic N) is 7. The lowest BCUT2D eigenvalue weighted by Gasteiger charge is -2.35. The number of piperazine rings is 1. The molecule has 2 atom stereocenters. The van der Waals surface area contributed by atoms with Gasteiger partial charge in [-0.2, -0.15) is 5.10 Å². The second kappa shape index (κ2) is 12.7. The summed E-state index contributed by atoms with van der Waals surface area (Å²) in [5, 5.41) is 11.8. The van der Waals surface area contributed by atoms with Crippen molar-refractivity contribution in [3.05, 3.63) is 30.5 Å². The van der Waals surface area contributed by atoms with Gasteiger partial charge in [0.25, 0.3) is 0 Å². The van der Waals surface area contributed by atoms with Gasteiger partial charge in [0.2, 0.25) is 0 Å². The Morgan fingerprint density at radius 2 is 1.67 bits per heavy atom. The van der Waals surface area contributed by atoms with E-state index in [1.165, 1.54) is 0 Å². The van der Waals surface area contributed by atoms with E-state index >= 15 is 0 Å². The Bertz CT molecular complexity index is 1510. The Morgan fingerprint density at radius 3 is 2.39 bits per heavy atom. The summed E-state index contributed by atoms with van der Waals surface area (Å²) in [5.74, 6) is 1.15. The van der Waals surface area contributed by atoms with Crippen molar-refractivity contribution in [3.63, 3.8) is 0 Å². The van der Waals surface area contributed by atoms with Gasteiger partial charge in [-0.3, -0.25) is 4.90 Å². The summed E-state index contributed by atoms with van der Waals surface area (Å²) in [5.41, 5.74) is 2.47. The van der Waals surface area contributed by atoms with E-state index in [0.29, 0.717) is 25.6 Å². The number of ether oxygens (including phenoxy) is 3. The second-order valence-electron chi connectivity index (χ2n) is 13.5. The van der Waals surface area contributed by atoms with E-state index in [2.05, 4.69) is 37.1 Å². The number of rotatable bonds is 7. The van der Waals surface area contributed by atoms with Gasteiger partial charge in [-0.1, -0.05) is 0 Å². The SMILES string of the molecule is CN1CCN(CCNC(=O)Nc2ccc(-c3nc(N4CC5CCC(C4)O5)c4cnn(C5CCC6(CC5)OCCO6)c4n3)cc2)CC1. The molecule has 4 saturated heterocycles. The maximum atomic E-state index is 12.6. The molecule has 13 nitrogen and oxygen atoms in total. The van der Waals surface area contributed by atoms with E-state index in [1.807, 2.05) is 30.5 Å². The molecule has 1 saturated carbocycles. The van der Waals surface area contributed by atoms with Crippen molar-refractivity contribution < 1.29 is 19.0 Å². The Kier molecular flexibility index (Phi) is 8.27. The van der Waals surface area contributed by atoms with Gasteiger partial charge >= 0.3 is 6.03 Å². The van der Waals surface area contributed by atoms with E-state index in [4.69, 9.17) is 29.3 Å². The first-order valence-electron chi connectivity index (χ1n) is 17.0. The zero-order valence-corrected chi connectivity index (χ0v) is 26.7. The summed E-state index contributed by atoms with van der Waals surface area (Å²) < 4.78 is 20.2. The monoisotopic (exact) mass is 631 g/mol. The smallest absolute Gasteiger partial charge is 0.319 e. The molecule has 246 valence electrons. The molecule has 5 aliphatic rings. The fraction of sp³-hybridized carbons (Fsp3) is 0.636. The van der Waals surface area contributed by atoms with Gasteiger partial charge < -0.3 is 34.6 Å². The van der Waals surface area contributed by atoms with Crippen LogP contribution in [0.2, 0.25) is 0 Å². The lowest BCUT2D eigenvalue weighted by Crippen LogP contribution is -2.47. The highest BCUT2D eigenvalue weighted by molar-refractivity contribution is 5.90. The van der Waals surface area contributed by atoms with Gasteiger partial charge in [0.05, 0.1) is 43.0 Å². The highest BCUT2D eigenvalue weighted by Gasteiger charge is 2.41. The molecule has 2 amide bonds. The summed E-state index contributed by atoms with van der Waals surface area (Å²) in [6.45, 7) is 8.67. The summed E-state index contributed by atoms with van der Waals surface area (Å²) in [6, 6.07) is 7.80. The number of nitrogens with one attached hydrogen (secondary N) is 2. The standard InChI is InChI=1S/C33H45N9O4/c1-39-14-16-40(17-15-39)13-12-34-32(43)36-24-4-2-23(3-5-24)29-37-30(41-21-26-6-7-27(22-41)46-26)28-20-35-42(31(28)38-29)25-8-10-33(11-9-25)44-18-19-45-33/h2-5,20,25-27H,6-19,21-22H2,1H3,(H2,34,36,43). The number of hydrogen-bond acceptors (Lipinski definition) is 10. The third kappa shape index (κ3) is 6.18. The highest BCUT2D eigenvalue weighted by atomic mass is 16.7. The first-order chi connectivity index (χ1) is 22.5. The summed E-state index contributed by atoms with van der Waals surface area (Å²) in [7, 11) is 2.15. The van der Waals surface area contributed by atoms with Gasteiger partial charge in [0.1, 0.15) is 5.82 Å². The Labute approximate surface area is 269 Å². The summed E-state index contributed by atoms with van der Waals surface area (Å²) >= 11 is 0. The number of morpholine rings is 1. The molecule has 8 rings (SSSR count). The predicted octanol–water partition coefficient (Wildman–Crippen LogP) is 3.09. The van der Waals surface area contributed by atoms with Gasteiger partial charge in [0.15, 0.2) is 17.3 Å². The molecule has 4 aliphatic heterocycles. The Morgan fingerprint density at radius 1 is 0.957 bits per heavy atom. The summed E-state index contributed by atoms with van der Waals surface area (Å²) in [6.07, 6.45) is 8.15. The van der Waals surface area contributed by atoms with Crippen LogP contribution in [0.1, 0.15) is 44.6 Å². The highest BCUT2D eigenvalue weighted by Crippen LogP contribution is 2.42. The minimum Gasteiger partial charge on any atom is -0.371 e. The first-order valence-corrected chi connectivity index (χ1v) is 17.0. The molecule has 1 spiro atoms. The average molecular weight is 632 g/mol. The van der Waals surface area contributed by atoms with E-state index in [-0.39, 0.29) is 24.3 Å². The van der Waals surface area contributed by atoms with Gasteiger partial charge in [-0.15, -0.1) is 0 Å². The zero-order chi connectivity index (χ0) is 31.1. The molecule has 5 fully saturated rings. The van der Waals surface area contributed by atoms with E-state index in [9.17, 15) is 4.79 Å². The van der Waals surface area contributed by atoms with E-state index < -0.39 is 5.79 Å². The zero-order valence-electron chi connectivity index (χ0n) is 26.7.